The summed E-state index contributed by atoms with van der Waals surface area (Å²) in [6.07, 6.45) is 18.2. The molecule has 0 aromatic carbocycles. The van der Waals surface area contributed by atoms with Gasteiger partial charge in [-0.1, -0.05) is 24.8 Å². The van der Waals surface area contributed by atoms with Crippen molar-refractivity contribution in [1.82, 2.24) is 0 Å². The van der Waals surface area contributed by atoms with Crippen LogP contribution in [0.15, 0.2) is 11.6 Å². The minimum atomic E-state index is -0.892. The second-order valence-corrected chi connectivity index (χ2v) is 8.79. The Labute approximate surface area is 146 Å². The molecule has 24 heavy (non-hydrogen) atoms. The Morgan fingerprint density at radius 2 is 2.04 bits per heavy atom. The van der Waals surface area contributed by atoms with Crippen LogP contribution in [0, 0.1) is 41.4 Å². The van der Waals surface area contributed by atoms with Crippen LogP contribution in [0.5, 0.6) is 0 Å². The molecule has 3 saturated carbocycles. The number of hydrogen-bond donors (Lipinski definition) is 1. The highest BCUT2D eigenvalue weighted by Crippen LogP contribution is 2.66. The van der Waals surface area contributed by atoms with Gasteiger partial charge < -0.3 is 5.11 Å². The van der Waals surface area contributed by atoms with E-state index in [0.717, 1.165) is 51.4 Å². The van der Waals surface area contributed by atoms with Crippen LogP contribution < -0.4 is 0 Å². The molecular formula is C22H30O2. The van der Waals surface area contributed by atoms with Gasteiger partial charge in [-0.25, -0.2) is 0 Å². The Bertz CT molecular complexity index is 612. The molecule has 4 aliphatic carbocycles. The van der Waals surface area contributed by atoms with E-state index in [0.29, 0.717) is 29.5 Å². The lowest BCUT2D eigenvalue weighted by atomic mass is 9.49. The first-order valence-corrected chi connectivity index (χ1v) is 9.98. The average Bonchev–Trinajstić information content (AvgIpc) is 2.88. The second kappa shape index (κ2) is 5.73. The summed E-state index contributed by atoms with van der Waals surface area (Å²) in [5, 5.41) is 11.2. The highest BCUT2D eigenvalue weighted by atomic mass is 16.3. The molecule has 1 N–H and O–H groups in total. The molecule has 4 rings (SSSR count). The highest BCUT2D eigenvalue weighted by Gasteiger charge is 2.63. The highest BCUT2D eigenvalue weighted by molar-refractivity contribution is 5.91. The van der Waals surface area contributed by atoms with Crippen molar-refractivity contribution >= 4 is 5.78 Å². The third kappa shape index (κ3) is 2.10. The zero-order valence-electron chi connectivity index (χ0n) is 14.9. The van der Waals surface area contributed by atoms with Crippen LogP contribution >= 0.6 is 0 Å². The standard InChI is InChI=1S/C22H30O2/c1-3-11-21-12-9-18-17-8-6-16(23)14-15(17)5-7-19(18)20(21)10-13-22(21,24)4-2/h2,14,17-20,24H,3,5-13H2,1H3/t17?,18?,19?,20?,21?,22-/m0/s1. The number of fused-ring (bicyclic) bond motifs is 5. The van der Waals surface area contributed by atoms with E-state index in [1.165, 1.54) is 18.4 Å². The van der Waals surface area contributed by atoms with Crippen molar-refractivity contribution in [3.8, 4) is 12.3 Å². The Morgan fingerprint density at radius 3 is 2.79 bits per heavy atom. The van der Waals surface area contributed by atoms with E-state index in [1.807, 2.05) is 6.08 Å². The van der Waals surface area contributed by atoms with Gasteiger partial charge in [-0.15, -0.1) is 6.42 Å². The van der Waals surface area contributed by atoms with Crippen LogP contribution in [0.1, 0.15) is 71.1 Å². The lowest BCUT2D eigenvalue weighted by Gasteiger charge is -2.56. The van der Waals surface area contributed by atoms with E-state index >= 15 is 0 Å². The summed E-state index contributed by atoms with van der Waals surface area (Å²) in [7, 11) is 0. The van der Waals surface area contributed by atoms with Crippen molar-refractivity contribution in [2.45, 2.75) is 76.7 Å². The molecule has 0 aliphatic heterocycles. The monoisotopic (exact) mass is 326 g/mol. The third-order valence-corrected chi connectivity index (χ3v) is 8.08. The average molecular weight is 326 g/mol. The van der Waals surface area contributed by atoms with Crippen LogP contribution in [0.25, 0.3) is 0 Å². The van der Waals surface area contributed by atoms with Crippen LogP contribution in [0.4, 0.5) is 0 Å². The number of ketones is 1. The van der Waals surface area contributed by atoms with E-state index in [-0.39, 0.29) is 5.41 Å². The van der Waals surface area contributed by atoms with Crippen LogP contribution in [0.3, 0.4) is 0 Å². The van der Waals surface area contributed by atoms with Gasteiger partial charge in [-0.3, -0.25) is 4.79 Å². The second-order valence-electron chi connectivity index (χ2n) is 8.79. The third-order valence-electron chi connectivity index (χ3n) is 8.08. The van der Waals surface area contributed by atoms with Gasteiger partial charge in [0.1, 0.15) is 5.60 Å². The SMILES string of the molecule is C#C[C@]1(O)CCC2C3CCC4=CC(=O)CCC4C3CCC21CCC. The first kappa shape index (κ1) is 16.4. The van der Waals surface area contributed by atoms with Gasteiger partial charge in [0, 0.05) is 11.8 Å². The summed E-state index contributed by atoms with van der Waals surface area (Å²) >= 11 is 0. The lowest BCUT2D eigenvalue weighted by molar-refractivity contribution is -0.117. The number of rotatable bonds is 2. The van der Waals surface area contributed by atoms with Crippen molar-refractivity contribution in [2.75, 3.05) is 0 Å². The molecule has 0 aromatic heterocycles. The van der Waals surface area contributed by atoms with Crippen LogP contribution in [0.2, 0.25) is 0 Å². The Morgan fingerprint density at radius 1 is 1.21 bits per heavy atom. The Kier molecular flexibility index (Phi) is 3.92. The smallest absolute Gasteiger partial charge is 0.155 e. The van der Waals surface area contributed by atoms with Crippen LogP contribution in [-0.2, 0) is 4.79 Å². The predicted molar refractivity (Wildman–Crippen MR) is 95.1 cm³/mol. The summed E-state index contributed by atoms with van der Waals surface area (Å²) in [5.41, 5.74) is 0.487. The predicted octanol–water partition coefficient (Wildman–Crippen LogP) is 4.27. The van der Waals surface area contributed by atoms with E-state index in [9.17, 15) is 9.90 Å². The molecule has 130 valence electrons. The maximum Gasteiger partial charge on any atom is 0.155 e. The molecule has 0 spiro atoms. The minimum absolute atomic E-state index is 0.0522. The Balaban J connectivity index is 1.67. The number of carbonyl (C=O) groups is 1. The molecule has 5 unspecified atom stereocenters. The van der Waals surface area contributed by atoms with Crippen molar-refractivity contribution < 1.29 is 9.90 Å². The summed E-state index contributed by atoms with van der Waals surface area (Å²) in [5.74, 6) is 5.77. The summed E-state index contributed by atoms with van der Waals surface area (Å²) < 4.78 is 0. The molecule has 4 aliphatic rings. The van der Waals surface area contributed by atoms with Crippen molar-refractivity contribution in [1.29, 1.82) is 0 Å². The molecule has 3 fully saturated rings. The number of aliphatic hydroxyl groups is 1. The van der Waals surface area contributed by atoms with E-state index < -0.39 is 5.60 Å². The van der Waals surface area contributed by atoms with Crippen molar-refractivity contribution in [2.24, 2.45) is 29.1 Å². The molecule has 2 heteroatoms. The molecule has 0 bridgehead atoms. The quantitative estimate of drug-likeness (QED) is 0.769. The van der Waals surface area contributed by atoms with Gasteiger partial charge in [-0.05, 0) is 81.1 Å². The molecule has 2 nitrogen and oxygen atoms in total. The first-order chi connectivity index (χ1) is 11.5. The van der Waals surface area contributed by atoms with Gasteiger partial charge >= 0.3 is 0 Å². The molecular weight excluding hydrogens is 296 g/mol. The molecule has 0 heterocycles. The van der Waals surface area contributed by atoms with Gasteiger partial charge in [0.25, 0.3) is 0 Å². The fourth-order valence-electron chi connectivity index (χ4n) is 7.19. The zero-order valence-corrected chi connectivity index (χ0v) is 14.9. The van der Waals surface area contributed by atoms with E-state index in [4.69, 9.17) is 6.42 Å². The number of allylic oxidation sites excluding steroid dienone is 1. The fourth-order valence-corrected chi connectivity index (χ4v) is 7.19. The zero-order chi connectivity index (χ0) is 16.9. The van der Waals surface area contributed by atoms with Gasteiger partial charge in [0.2, 0.25) is 0 Å². The maximum atomic E-state index is 11.8. The largest absolute Gasteiger partial charge is 0.377 e. The van der Waals surface area contributed by atoms with Crippen molar-refractivity contribution in [3.63, 3.8) is 0 Å². The summed E-state index contributed by atoms with van der Waals surface area (Å²) in [6, 6.07) is 0. The first-order valence-electron chi connectivity index (χ1n) is 9.98. The lowest BCUT2D eigenvalue weighted by Crippen LogP contribution is -2.53. The van der Waals surface area contributed by atoms with Gasteiger partial charge in [0.15, 0.2) is 5.78 Å². The molecule has 0 radical (unpaired) electrons. The topological polar surface area (TPSA) is 37.3 Å². The van der Waals surface area contributed by atoms with E-state index in [2.05, 4.69) is 12.8 Å². The minimum Gasteiger partial charge on any atom is -0.377 e. The van der Waals surface area contributed by atoms with E-state index in [1.54, 1.807) is 0 Å². The summed E-state index contributed by atoms with van der Waals surface area (Å²) in [6.45, 7) is 2.22. The molecule has 0 saturated heterocycles. The number of carbonyl (C=O) groups excluding carboxylic acids is 1. The van der Waals surface area contributed by atoms with Crippen LogP contribution in [-0.4, -0.2) is 16.5 Å². The van der Waals surface area contributed by atoms with Gasteiger partial charge in [-0.2, -0.15) is 0 Å². The summed E-state index contributed by atoms with van der Waals surface area (Å²) in [4.78, 5) is 11.8. The maximum absolute atomic E-state index is 11.8. The molecule has 0 amide bonds. The normalized spacial score (nSPS) is 47.2. The number of terminal acetylenes is 1. The Hall–Kier alpha value is -1.07. The molecule has 6 atom stereocenters. The van der Waals surface area contributed by atoms with Crippen molar-refractivity contribution in [3.05, 3.63) is 11.6 Å². The fraction of sp³-hybridized carbons (Fsp3) is 0.773. The number of hydrogen-bond acceptors (Lipinski definition) is 2. The molecule has 0 aromatic rings. The van der Waals surface area contributed by atoms with Gasteiger partial charge in [0.05, 0.1) is 0 Å².